The molecule has 0 bridgehead atoms. The molecule has 0 saturated carbocycles. The first-order chi connectivity index (χ1) is 16.5. The highest BCUT2D eigenvalue weighted by molar-refractivity contribution is 5.94. The molecule has 0 radical (unpaired) electrons. The minimum absolute atomic E-state index is 0.120. The minimum Gasteiger partial charge on any atom is -0.496 e. The fraction of sp³-hybridized carbons (Fsp3) is 0.385. The number of aromatic amines is 1. The number of aromatic nitrogens is 2. The van der Waals surface area contributed by atoms with E-state index in [1.54, 1.807) is 19.4 Å². The molecule has 2 saturated heterocycles. The van der Waals surface area contributed by atoms with Crippen molar-refractivity contribution in [1.29, 1.82) is 0 Å². The Morgan fingerprint density at radius 1 is 1.03 bits per heavy atom. The molecule has 3 aromatic rings. The number of likely N-dealkylation sites (tertiary alicyclic amines) is 1. The summed E-state index contributed by atoms with van der Waals surface area (Å²) in [6, 6.07) is 10.7. The molecule has 2 aliphatic rings. The van der Waals surface area contributed by atoms with E-state index in [0.717, 1.165) is 54.9 Å². The Labute approximate surface area is 198 Å². The quantitative estimate of drug-likeness (QED) is 0.607. The molecular formula is C26H29FN4O3. The lowest BCUT2D eigenvalue weighted by molar-refractivity contribution is 0.0609. The van der Waals surface area contributed by atoms with Crippen LogP contribution in [0, 0.1) is 11.2 Å². The van der Waals surface area contributed by atoms with E-state index in [4.69, 9.17) is 9.47 Å². The summed E-state index contributed by atoms with van der Waals surface area (Å²) in [5.41, 5.74) is 3.71. The molecule has 1 spiro atoms. The Bertz CT molecular complexity index is 1170. The van der Waals surface area contributed by atoms with Crippen LogP contribution in [0.5, 0.6) is 11.5 Å². The number of nitrogens with one attached hydrogen (secondary N) is 1. The summed E-state index contributed by atoms with van der Waals surface area (Å²) in [4.78, 5) is 17.2. The minimum atomic E-state index is -0.512. The molecule has 34 heavy (non-hydrogen) atoms. The van der Waals surface area contributed by atoms with Crippen LogP contribution in [0.4, 0.5) is 10.1 Å². The van der Waals surface area contributed by atoms with Crippen LogP contribution in [-0.4, -0.2) is 61.4 Å². The van der Waals surface area contributed by atoms with Gasteiger partial charge < -0.3 is 19.3 Å². The molecule has 2 fully saturated rings. The van der Waals surface area contributed by atoms with Gasteiger partial charge in [-0.05, 0) is 55.0 Å². The average Bonchev–Trinajstić information content (AvgIpc) is 3.55. The lowest BCUT2D eigenvalue weighted by Gasteiger charge is -2.39. The zero-order valence-corrected chi connectivity index (χ0v) is 19.5. The summed E-state index contributed by atoms with van der Waals surface area (Å²) < 4.78 is 24.7. The number of rotatable bonds is 5. The number of nitrogens with zero attached hydrogens (tertiary/aromatic N) is 3. The SMILES string of the molecule is COc1ccc(C(=O)N2CCC3(CC2)CCN(c2ccc(-c4cn[nH]c4)c(OC)c2)C3)cc1F. The third-order valence-electron chi connectivity index (χ3n) is 7.31. The molecule has 1 N–H and O–H groups in total. The number of anilines is 1. The first-order valence-corrected chi connectivity index (χ1v) is 11.6. The van der Waals surface area contributed by atoms with Gasteiger partial charge >= 0.3 is 0 Å². The Balaban J connectivity index is 1.24. The predicted molar refractivity (Wildman–Crippen MR) is 128 cm³/mol. The van der Waals surface area contributed by atoms with Crippen LogP contribution in [0.3, 0.4) is 0 Å². The zero-order valence-electron chi connectivity index (χ0n) is 19.5. The molecule has 0 atom stereocenters. The predicted octanol–water partition coefficient (Wildman–Crippen LogP) is 4.37. The molecule has 2 aromatic carbocycles. The molecule has 0 aliphatic carbocycles. The van der Waals surface area contributed by atoms with Gasteiger partial charge in [0.15, 0.2) is 11.6 Å². The number of carbonyl (C=O) groups is 1. The number of carbonyl (C=O) groups excluding carboxylic acids is 1. The Kier molecular flexibility index (Phi) is 5.89. The molecule has 3 heterocycles. The summed E-state index contributed by atoms with van der Waals surface area (Å²) in [5.74, 6) is 0.343. The van der Waals surface area contributed by atoms with E-state index in [1.807, 2.05) is 11.1 Å². The van der Waals surface area contributed by atoms with E-state index in [-0.39, 0.29) is 17.1 Å². The molecule has 0 unspecified atom stereocenters. The van der Waals surface area contributed by atoms with Gasteiger partial charge in [-0.25, -0.2) is 4.39 Å². The molecular weight excluding hydrogens is 435 g/mol. The van der Waals surface area contributed by atoms with Crippen molar-refractivity contribution < 1.29 is 18.7 Å². The Hall–Kier alpha value is -3.55. The van der Waals surface area contributed by atoms with E-state index < -0.39 is 5.82 Å². The van der Waals surface area contributed by atoms with Crippen LogP contribution in [0.2, 0.25) is 0 Å². The maximum absolute atomic E-state index is 14.1. The van der Waals surface area contributed by atoms with Gasteiger partial charge in [0.05, 0.1) is 20.4 Å². The van der Waals surface area contributed by atoms with E-state index in [9.17, 15) is 9.18 Å². The van der Waals surface area contributed by atoms with Crippen LogP contribution in [0.25, 0.3) is 11.1 Å². The zero-order chi connectivity index (χ0) is 23.7. The highest BCUT2D eigenvalue weighted by Crippen LogP contribution is 2.43. The van der Waals surface area contributed by atoms with E-state index in [0.29, 0.717) is 18.7 Å². The van der Waals surface area contributed by atoms with Gasteiger partial charge in [0.25, 0.3) is 5.91 Å². The van der Waals surface area contributed by atoms with Crippen molar-refractivity contribution in [1.82, 2.24) is 15.1 Å². The van der Waals surface area contributed by atoms with E-state index in [1.165, 1.54) is 19.2 Å². The first kappa shape index (κ1) is 22.3. The number of hydrogen-bond acceptors (Lipinski definition) is 5. The lowest BCUT2D eigenvalue weighted by Crippen LogP contribution is -2.44. The van der Waals surface area contributed by atoms with Gasteiger partial charge in [0.2, 0.25) is 0 Å². The van der Waals surface area contributed by atoms with Crippen LogP contribution in [-0.2, 0) is 0 Å². The Morgan fingerprint density at radius 2 is 1.79 bits per heavy atom. The third-order valence-corrected chi connectivity index (χ3v) is 7.31. The number of amides is 1. The molecule has 2 aliphatic heterocycles. The Morgan fingerprint density at radius 3 is 2.47 bits per heavy atom. The number of H-pyrrole nitrogens is 1. The van der Waals surface area contributed by atoms with Crippen molar-refractivity contribution in [2.24, 2.45) is 5.41 Å². The van der Waals surface area contributed by atoms with Crippen LogP contribution < -0.4 is 14.4 Å². The number of methoxy groups -OCH3 is 2. The summed E-state index contributed by atoms with van der Waals surface area (Å²) in [6.07, 6.45) is 6.63. The maximum Gasteiger partial charge on any atom is 0.253 e. The van der Waals surface area contributed by atoms with Crippen molar-refractivity contribution in [2.75, 3.05) is 45.3 Å². The largest absolute Gasteiger partial charge is 0.496 e. The van der Waals surface area contributed by atoms with Gasteiger partial charge in [-0.15, -0.1) is 0 Å². The van der Waals surface area contributed by atoms with Crippen molar-refractivity contribution in [2.45, 2.75) is 19.3 Å². The summed E-state index contributed by atoms with van der Waals surface area (Å²) >= 11 is 0. The van der Waals surface area contributed by atoms with E-state index in [2.05, 4.69) is 33.3 Å². The first-order valence-electron chi connectivity index (χ1n) is 11.6. The molecule has 8 heteroatoms. The molecule has 5 rings (SSSR count). The normalized spacial score (nSPS) is 17.3. The molecule has 1 aromatic heterocycles. The molecule has 1 amide bonds. The summed E-state index contributed by atoms with van der Waals surface area (Å²) in [7, 11) is 3.11. The molecule has 178 valence electrons. The van der Waals surface area contributed by atoms with Crippen LogP contribution in [0.1, 0.15) is 29.6 Å². The average molecular weight is 465 g/mol. The third kappa shape index (κ3) is 4.08. The van der Waals surface area contributed by atoms with Crippen molar-refractivity contribution in [3.05, 3.63) is 60.2 Å². The standard InChI is InChI=1S/C26H29FN4O3/c1-33-23-6-3-18(13-22(23)27)25(32)30-10-7-26(8-11-30)9-12-31(17-26)20-4-5-21(24(14-20)34-2)19-15-28-29-16-19/h3-6,13-16H,7-12,17H2,1-2H3,(H,28,29). The number of hydrogen-bond donors (Lipinski definition) is 1. The number of halogens is 1. The van der Waals surface area contributed by atoms with Crippen molar-refractivity contribution >= 4 is 11.6 Å². The highest BCUT2D eigenvalue weighted by Gasteiger charge is 2.41. The fourth-order valence-electron chi connectivity index (χ4n) is 5.24. The molecule has 7 nitrogen and oxygen atoms in total. The van der Waals surface area contributed by atoms with Gasteiger partial charge in [0, 0.05) is 60.8 Å². The number of benzene rings is 2. The van der Waals surface area contributed by atoms with Gasteiger partial charge in [-0.1, -0.05) is 0 Å². The second kappa shape index (κ2) is 9.00. The van der Waals surface area contributed by atoms with Gasteiger partial charge in [-0.3, -0.25) is 9.89 Å². The van der Waals surface area contributed by atoms with Crippen molar-refractivity contribution in [3.8, 4) is 22.6 Å². The second-order valence-corrected chi connectivity index (χ2v) is 9.18. The van der Waals surface area contributed by atoms with Gasteiger partial charge in [0.1, 0.15) is 5.75 Å². The van der Waals surface area contributed by atoms with Gasteiger partial charge in [-0.2, -0.15) is 5.10 Å². The number of piperidine rings is 1. The van der Waals surface area contributed by atoms with Crippen molar-refractivity contribution in [3.63, 3.8) is 0 Å². The summed E-state index contributed by atoms with van der Waals surface area (Å²) in [6.45, 7) is 3.30. The topological polar surface area (TPSA) is 70.7 Å². The van der Waals surface area contributed by atoms with E-state index >= 15 is 0 Å². The smallest absolute Gasteiger partial charge is 0.253 e. The monoisotopic (exact) mass is 464 g/mol. The summed E-state index contributed by atoms with van der Waals surface area (Å²) in [5, 5.41) is 6.89. The van der Waals surface area contributed by atoms with Crippen LogP contribution >= 0.6 is 0 Å². The highest BCUT2D eigenvalue weighted by atomic mass is 19.1. The maximum atomic E-state index is 14.1. The lowest BCUT2D eigenvalue weighted by atomic mass is 9.77. The van der Waals surface area contributed by atoms with Crippen LogP contribution in [0.15, 0.2) is 48.8 Å². The second-order valence-electron chi connectivity index (χ2n) is 9.18. The fourth-order valence-corrected chi connectivity index (χ4v) is 5.24. The number of ether oxygens (including phenoxy) is 2.